The first-order chi connectivity index (χ1) is 10.6. The number of hydrogen-bond acceptors (Lipinski definition) is 3. The Morgan fingerprint density at radius 1 is 1.14 bits per heavy atom. The molecule has 22 heavy (non-hydrogen) atoms. The molecule has 6 heteroatoms. The summed E-state index contributed by atoms with van der Waals surface area (Å²) in [5.74, 6) is -0.904. The van der Waals surface area contributed by atoms with Gasteiger partial charge in [0.15, 0.2) is 0 Å². The Morgan fingerprint density at radius 3 is 2.64 bits per heavy atom. The molecule has 0 atom stereocenters. The fourth-order valence-corrected chi connectivity index (χ4v) is 3.23. The molecule has 0 aromatic heterocycles. The van der Waals surface area contributed by atoms with Gasteiger partial charge in [-0.3, -0.25) is 4.79 Å². The van der Waals surface area contributed by atoms with E-state index < -0.39 is 11.6 Å². The van der Waals surface area contributed by atoms with E-state index in [0.29, 0.717) is 10.6 Å². The Hall–Kier alpha value is -1.53. The average molecular weight is 339 g/mol. The predicted molar refractivity (Wildman–Crippen MR) is 88.6 cm³/mol. The van der Waals surface area contributed by atoms with Crippen molar-refractivity contribution in [2.75, 3.05) is 17.3 Å². The molecule has 0 radical (unpaired) electrons. The molecule has 1 amide bonds. The van der Waals surface area contributed by atoms with Gasteiger partial charge < -0.3 is 5.32 Å². The van der Waals surface area contributed by atoms with Crippen LogP contribution in [0.15, 0.2) is 52.3 Å². The number of nitrogens with one attached hydrogen (secondary N) is 1. The van der Waals surface area contributed by atoms with Crippen LogP contribution in [-0.2, 0) is 4.79 Å². The van der Waals surface area contributed by atoms with Crippen LogP contribution in [0.3, 0.4) is 0 Å². The number of benzene rings is 2. The van der Waals surface area contributed by atoms with Gasteiger partial charge in [0.05, 0.1) is 5.69 Å². The average Bonchev–Trinajstić information content (AvgIpc) is 2.50. The number of carbonyl (C=O) groups excluding carboxylic acids is 1. The highest BCUT2D eigenvalue weighted by atomic mass is 32.2. The molecule has 0 saturated carbocycles. The molecule has 0 saturated heterocycles. The van der Waals surface area contributed by atoms with E-state index in [1.54, 1.807) is 11.8 Å². The Kier molecular flexibility index (Phi) is 6.27. The molecule has 0 aliphatic rings. The maximum absolute atomic E-state index is 13.5. The van der Waals surface area contributed by atoms with Crippen molar-refractivity contribution in [3.63, 3.8) is 0 Å². The third-order valence-electron chi connectivity index (χ3n) is 2.86. The topological polar surface area (TPSA) is 29.1 Å². The first-order valence-electron chi connectivity index (χ1n) is 6.61. The first-order valence-corrected chi connectivity index (χ1v) is 8.82. The maximum Gasteiger partial charge on any atom is 0.225 e. The summed E-state index contributed by atoms with van der Waals surface area (Å²) in [5, 5.41) is 2.84. The first kappa shape index (κ1) is 16.8. The summed E-state index contributed by atoms with van der Waals surface area (Å²) in [5.41, 5.74) is 0.776. The minimum atomic E-state index is -0.603. The van der Waals surface area contributed by atoms with E-state index in [1.807, 2.05) is 30.5 Å². The molecule has 1 N–H and O–H groups in total. The van der Waals surface area contributed by atoms with Crippen LogP contribution in [-0.4, -0.2) is 17.9 Å². The van der Waals surface area contributed by atoms with Crippen molar-refractivity contribution >= 4 is 35.1 Å². The van der Waals surface area contributed by atoms with Crippen LogP contribution in [0.4, 0.5) is 14.5 Å². The number of halogens is 2. The summed E-state index contributed by atoms with van der Waals surface area (Å²) in [6.07, 6.45) is 2.20. The third-order valence-corrected chi connectivity index (χ3v) is 4.71. The Bertz CT molecular complexity index is 664. The second-order valence-corrected chi connectivity index (χ2v) is 6.41. The van der Waals surface area contributed by atoms with Crippen LogP contribution >= 0.6 is 23.5 Å². The number of hydrogen-bond donors (Lipinski definition) is 1. The maximum atomic E-state index is 13.5. The zero-order chi connectivity index (χ0) is 15.9. The van der Waals surface area contributed by atoms with Crippen LogP contribution in [0, 0.1) is 11.6 Å². The van der Waals surface area contributed by atoms with Crippen LogP contribution < -0.4 is 5.32 Å². The van der Waals surface area contributed by atoms with Crippen molar-refractivity contribution in [2.45, 2.75) is 16.2 Å². The highest BCUT2D eigenvalue weighted by Gasteiger charge is 2.08. The van der Waals surface area contributed by atoms with Gasteiger partial charge in [-0.05, 0) is 30.5 Å². The quantitative estimate of drug-likeness (QED) is 0.766. The van der Waals surface area contributed by atoms with Gasteiger partial charge in [-0.1, -0.05) is 12.1 Å². The van der Waals surface area contributed by atoms with Crippen molar-refractivity contribution < 1.29 is 13.6 Å². The van der Waals surface area contributed by atoms with E-state index in [4.69, 9.17) is 0 Å². The summed E-state index contributed by atoms with van der Waals surface area (Å²) >= 11 is 2.75. The molecule has 2 rings (SSSR count). The number of carbonyl (C=O) groups is 1. The van der Waals surface area contributed by atoms with Crippen LogP contribution in [0.25, 0.3) is 0 Å². The fraction of sp³-hybridized carbons (Fsp3) is 0.188. The van der Waals surface area contributed by atoms with Crippen molar-refractivity contribution in [3.05, 3.63) is 54.1 Å². The Balaban J connectivity index is 1.85. The number of para-hydroxylation sites is 1. The van der Waals surface area contributed by atoms with E-state index in [2.05, 4.69) is 5.32 Å². The fourth-order valence-electron chi connectivity index (χ4n) is 1.81. The molecule has 0 heterocycles. The highest BCUT2D eigenvalue weighted by Crippen LogP contribution is 2.26. The lowest BCUT2D eigenvalue weighted by molar-refractivity contribution is -0.115. The van der Waals surface area contributed by atoms with Gasteiger partial charge in [0.25, 0.3) is 0 Å². The van der Waals surface area contributed by atoms with Crippen LogP contribution in [0.1, 0.15) is 6.42 Å². The van der Waals surface area contributed by atoms with E-state index in [-0.39, 0.29) is 12.3 Å². The molecule has 0 bridgehead atoms. The molecule has 0 unspecified atom stereocenters. The molecule has 2 aromatic carbocycles. The van der Waals surface area contributed by atoms with Crippen LogP contribution in [0.5, 0.6) is 0 Å². The summed E-state index contributed by atoms with van der Waals surface area (Å²) in [4.78, 5) is 13.3. The Labute approximate surface area is 136 Å². The van der Waals surface area contributed by atoms with Gasteiger partial charge in [-0.15, -0.1) is 23.5 Å². The van der Waals surface area contributed by atoms with Crippen molar-refractivity contribution in [3.8, 4) is 0 Å². The third kappa shape index (κ3) is 4.74. The minimum Gasteiger partial charge on any atom is -0.325 e. The molecule has 0 spiro atoms. The zero-order valence-electron chi connectivity index (χ0n) is 11.9. The molecule has 116 valence electrons. The molecule has 0 aliphatic carbocycles. The van der Waals surface area contributed by atoms with Gasteiger partial charge in [0, 0.05) is 28.0 Å². The zero-order valence-corrected chi connectivity index (χ0v) is 13.6. The lowest BCUT2D eigenvalue weighted by Gasteiger charge is -2.09. The van der Waals surface area contributed by atoms with E-state index in [9.17, 15) is 13.6 Å². The van der Waals surface area contributed by atoms with Gasteiger partial charge >= 0.3 is 0 Å². The minimum absolute atomic E-state index is 0.128. The number of rotatable bonds is 6. The summed E-state index contributed by atoms with van der Waals surface area (Å²) in [7, 11) is 0. The summed E-state index contributed by atoms with van der Waals surface area (Å²) in [6.45, 7) is 0. The number of thioether (sulfide) groups is 2. The molecule has 2 nitrogen and oxygen atoms in total. The second kappa shape index (κ2) is 8.19. The van der Waals surface area contributed by atoms with E-state index in [1.165, 1.54) is 23.9 Å². The predicted octanol–water partition coefficient (Wildman–Crippen LogP) is 4.81. The molecule has 0 fully saturated rings. The number of anilines is 1. The van der Waals surface area contributed by atoms with Crippen molar-refractivity contribution in [1.82, 2.24) is 0 Å². The van der Waals surface area contributed by atoms with Gasteiger partial charge in [0.1, 0.15) is 11.6 Å². The largest absolute Gasteiger partial charge is 0.325 e. The molecule has 0 aliphatic heterocycles. The smallest absolute Gasteiger partial charge is 0.225 e. The molecule has 2 aromatic rings. The van der Waals surface area contributed by atoms with E-state index >= 15 is 0 Å². The summed E-state index contributed by atoms with van der Waals surface area (Å²) in [6, 6.07) is 11.0. The lowest BCUT2D eigenvalue weighted by atomic mass is 10.3. The monoisotopic (exact) mass is 339 g/mol. The number of amides is 1. The SMILES string of the molecule is CSc1ccccc1NC(=O)CCSc1ccc(F)cc1F. The van der Waals surface area contributed by atoms with Crippen molar-refractivity contribution in [1.29, 1.82) is 0 Å². The lowest BCUT2D eigenvalue weighted by Crippen LogP contribution is -2.12. The van der Waals surface area contributed by atoms with Gasteiger partial charge in [-0.2, -0.15) is 0 Å². The Morgan fingerprint density at radius 2 is 1.91 bits per heavy atom. The van der Waals surface area contributed by atoms with Gasteiger partial charge in [-0.25, -0.2) is 8.78 Å². The normalized spacial score (nSPS) is 10.5. The highest BCUT2D eigenvalue weighted by molar-refractivity contribution is 7.99. The van der Waals surface area contributed by atoms with Crippen LogP contribution in [0.2, 0.25) is 0 Å². The summed E-state index contributed by atoms with van der Waals surface area (Å²) < 4.78 is 26.3. The van der Waals surface area contributed by atoms with Crippen molar-refractivity contribution in [2.24, 2.45) is 0 Å². The standard InChI is InChI=1S/C16H15F2NOS2/c1-21-15-5-3-2-4-13(15)19-16(20)8-9-22-14-7-6-11(17)10-12(14)18/h2-7,10H,8-9H2,1H3,(H,19,20). The van der Waals surface area contributed by atoms with E-state index in [0.717, 1.165) is 16.6 Å². The second-order valence-electron chi connectivity index (χ2n) is 4.42. The molecular formula is C16H15F2NOS2. The van der Waals surface area contributed by atoms with Gasteiger partial charge in [0.2, 0.25) is 5.91 Å². The molecular weight excluding hydrogens is 324 g/mol.